The molecule has 6 nitrogen and oxygen atoms in total. The molecule has 1 saturated heterocycles. The van der Waals surface area contributed by atoms with Crippen LogP contribution in [-0.2, 0) is 4.79 Å². The van der Waals surface area contributed by atoms with Crippen molar-refractivity contribution in [3.8, 4) is 17.0 Å². The molecule has 1 atom stereocenters. The van der Waals surface area contributed by atoms with Gasteiger partial charge in [0.05, 0.1) is 12.8 Å². The third kappa shape index (κ3) is 3.13. The molecule has 1 aliphatic heterocycles. The number of hydrogen-bond acceptors (Lipinski definition) is 4. The number of likely N-dealkylation sites (tertiary alicyclic amines) is 1. The highest BCUT2D eigenvalue weighted by Crippen LogP contribution is 2.29. The van der Waals surface area contributed by atoms with Gasteiger partial charge in [-0.1, -0.05) is 5.21 Å². The number of nitrogens with zero attached hydrogens (tertiary/aromatic N) is 4. The Kier molecular flexibility index (Phi) is 4.30. The van der Waals surface area contributed by atoms with Gasteiger partial charge in [0, 0.05) is 17.6 Å². The van der Waals surface area contributed by atoms with Crippen LogP contribution in [0.3, 0.4) is 0 Å². The van der Waals surface area contributed by atoms with Gasteiger partial charge in [-0.3, -0.25) is 4.79 Å². The smallest absolute Gasteiger partial charge is 0.248 e. The molecule has 0 bridgehead atoms. The van der Waals surface area contributed by atoms with E-state index >= 15 is 0 Å². The minimum atomic E-state index is -0.256. The lowest BCUT2D eigenvalue weighted by Gasteiger charge is -2.31. The molecular formula is C18H24N4O2. The second-order valence-electron chi connectivity index (χ2n) is 7.01. The second kappa shape index (κ2) is 6.26. The second-order valence-corrected chi connectivity index (χ2v) is 7.01. The Bertz CT molecular complexity index is 715. The van der Waals surface area contributed by atoms with Crippen molar-refractivity contribution in [3.05, 3.63) is 30.5 Å². The largest absolute Gasteiger partial charge is 0.494 e. The Morgan fingerprint density at radius 2 is 1.96 bits per heavy atom. The maximum absolute atomic E-state index is 12.6. The summed E-state index contributed by atoms with van der Waals surface area (Å²) in [7, 11) is 0. The summed E-state index contributed by atoms with van der Waals surface area (Å²) in [6.07, 6.45) is 2.62. The van der Waals surface area contributed by atoms with Crippen LogP contribution in [0.5, 0.6) is 5.75 Å². The monoisotopic (exact) mass is 328 g/mol. The van der Waals surface area contributed by atoms with Crippen LogP contribution in [0, 0.1) is 0 Å². The molecule has 128 valence electrons. The van der Waals surface area contributed by atoms with E-state index in [0.717, 1.165) is 30.0 Å². The first kappa shape index (κ1) is 16.5. The Hall–Kier alpha value is -2.37. The van der Waals surface area contributed by atoms with Crippen LogP contribution >= 0.6 is 0 Å². The minimum Gasteiger partial charge on any atom is -0.494 e. The zero-order valence-corrected chi connectivity index (χ0v) is 14.7. The predicted octanol–water partition coefficient (Wildman–Crippen LogP) is 2.92. The average Bonchev–Trinajstić information content (AvgIpc) is 3.14. The van der Waals surface area contributed by atoms with E-state index in [1.807, 2.05) is 42.3 Å². The van der Waals surface area contributed by atoms with Crippen LogP contribution in [0.15, 0.2) is 30.5 Å². The zero-order chi connectivity index (χ0) is 17.3. The number of carbonyl (C=O) groups is 1. The van der Waals surface area contributed by atoms with Crippen molar-refractivity contribution in [2.75, 3.05) is 13.2 Å². The Balaban J connectivity index is 1.77. The van der Waals surface area contributed by atoms with E-state index in [9.17, 15) is 4.79 Å². The molecule has 1 unspecified atom stereocenters. The number of aromatic nitrogens is 3. The van der Waals surface area contributed by atoms with Gasteiger partial charge in [0.15, 0.2) is 0 Å². The van der Waals surface area contributed by atoms with Gasteiger partial charge in [0.2, 0.25) is 5.91 Å². The van der Waals surface area contributed by atoms with Crippen molar-refractivity contribution in [1.82, 2.24) is 19.9 Å². The van der Waals surface area contributed by atoms with Crippen molar-refractivity contribution < 1.29 is 9.53 Å². The zero-order valence-electron chi connectivity index (χ0n) is 14.7. The number of benzene rings is 1. The van der Waals surface area contributed by atoms with Crippen LogP contribution in [0.1, 0.15) is 40.2 Å². The van der Waals surface area contributed by atoms with E-state index in [0.29, 0.717) is 6.61 Å². The SMILES string of the molecule is CCOc1ccc(-c2cn(C3CCN(C(C)(C)C)C3=O)nn2)cc1. The molecule has 0 aliphatic carbocycles. The summed E-state index contributed by atoms with van der Waals surface area (Å²) in [6.45, 7) is 9.52. The molecule has 1 aliphatic rings. The van der Waals surface area contributed by atoms with E-state index in [1.54, 1.807) is 4.68 Å². The summed E-state index contributed by atoms with van der Waals surface area (Å²) >= 11 is 0. The Morgan fingerprint density at radius 3 is 2.54 bits per heavy atom. The lowest BCUT2D eigenvalue weighted by atomic mass is 10.1. The summed E-state index contributed by atoms with van der Waals surface area (Å²) in [5.74, 6) is 0.950. The first-order chi connectivity index (χ1) is 11.4. The van der Waals surface area contributed by atoms with Gasteiger partial charge in [-0.2, -0.15) is 0 Å². The van der Waals surface area contributed by atoms with Gasteiger partial charge in [0.25, 0.3) is 0 Å². The number of rotatable bonds is 4. The third-order valence-corrected chi connectivity index (χ3v) is 4.28. The van der Waals surface area contributed by atoms with Crippen molar-refractivity contribution in [2.45, 2.75) is 45.7 Å². The molecule has 1 aromatic carbocycles. The molecule has 0 radical (unpaired) electrons. The first-order valence-corrected chi connectivity index (χ1v) is 8.36. The highest BCUT2D eigenvalue weighted by Gasteiger charge is 2.39. The molecule has 2 aromatic rings. The van der Waals surface area contributed by atoms with E-state index in [-0.39, 0.29) is 17.5 Å². The summed E-state index contributed by atoms with van der Waals surface area (Å²) < 4.78 is 7.14. The van der Waals surface area contributed by atoms with Gasteiger partial charge in [-0.05, 0) is 58.4 Å². The van der Waals surface area contributed by atoms with Gasteiger partial charge in [-0.25, -0.2) is 4.68 Å². The lowest BCUT2D eigenvalue weighted by Crippen LogP contribution is -2.43. The summed E-state index contributed by atoms with van der Waals surface area (Å²) in [6, 6.07) is 7.49. The topological polar surface area (TPSA) is 60.2 Å². The average molecular weight is 328 g/mol. The quantitative estimate of drug-likeness (QED) is 0.866. The molecule has 0 spiro atoms. The van der Waals surface area contributed by atoms with Crippen LogP contribution in [0.4, 0.5) is 0 Å². The third-order valence-electron chi connectivity index (χ3n) is 4.28. The van der Waals surface area contributed by atoms with Crippen molar-refractivity contribution in [1.29, 1.82) is 0 Å². The maximum Gasteiger partial charge on any atom is 0.248 e. The number of ether oxygens (including phenoxy) is 1. The number of carbonyl (C=O) groups excluding carboxylic acids is 1. The lowest BCUT2D eigenvalue weighted by molar-refractivity contribution is -0.134. The van der Waals surface area contributed by atoms with E-state index in [1.165, 1.54) is 0 Å². The van der Waals surface area contributed by atoms with E-state index in [4.69, 9.17) is 4.74 Å². The highest BCUT2D eigenvalue weighted by atomic mass is 16.5. The summed E-state index contributed by atoms with van der Waals surface area (Å²) in [5, 5.41) is 8.42. The van der Waals surface area contributed by atoms with Gasteiger partial charge >= 0.3 is 0 Å². The van der Waals surface area contributed by atoms with Crippen molar-refractivity contribution in [3.63, 3.8) is 0 Å². The van der Waals surface area contributed by atoms with Crippen molar-refractivity contribution in [2.24, 2.45) is 0 Å². The number of amides is 1. The fourth-order valence-electron chi connectivity index (χ4n) is 3.03. The van der Waals surface area contributed by atoms with Crippen LogP contribution in [0.25, 0.3) is 11.3 Å². The van der Waals surface area contributed by atoms with Gasteiger partial charge in [-0.15, -0.1) is 5.10 Å². The normalized spacial score (nSPS) is 18.2. The van der Waals surface area contributed by atoms with Crippen LogP contribution in [-0.4, -0.2) is 44.5 Å². The Morgan fingerprint density at radius 1 is 1.25 bits per heavy atom. The van der Waals surface area contributed by atoms with Crippen LogP contribution in [0.2, 0.25) is 0 Å². The van der Waals surface area contributed by atoms with Gasteiger partial charge < -0.3 is 9.64 Å². The predicted molar refractivity (Wildman–Crippen MR) is 91.7 cm³/mol. The molecule has 1 fully saturated rings. The van der Waals surface area contributed by atoms with E-state index in [2.05, 4.69) is 31.1 Å². The molecule has 3 rings (SSSR count). The molecule has 6 heteroatoms. The standard InChI is InChI=1S/C18H24N4O2/c1-5-24-14-8-6-13(7-9-14)15-12-22(20-19-15)16-10-11-21(17(16)23)18(2,3)4/h6-9,12,16H,5,10-11H2,1-4H3. The maximum atomic E-state index is 12.6. The molecule has 1 amide bonds. The highest BCUT2D eigenvalue weighted by molar-refractivity contribution is 5.83. The van der Waals surface area contributed by atoms with Crippen LogP contribution < -0.4 is 4.74 Å². The molecule has 2 heterocycles. The molecule has 24 heavy (non-hydrogen) atoms. The minimum absolute atomic E-state index is 0.116. The van der Waals surface area contributed by atoms with E-state index < -0.39 is 0 Å². The molecular weight excluding hydrogens is 304 g/mol. The van der Waals surface area contributed by atoms with Crippen molar-refractivity contribution >= 4 is 5.91 Å². The fourth-order valence-corrected chi connectivity index (χ4v) is 3.03. The fraction of sp³-hybridized carbons (Fsp3) is 0.500. The molecule has 1 aromatic heterocycles. The first-order valence-electron chi connectivity index (χ1n) is 8.36. The Labute approximate surface area is 142 Å². The molecule has 0 N–H and O–H groups in total. The summed E-state index contributed by atoms with van der Waals surface area (Å²) in [5.41, 5.74) is 1.56. The molecule has 0 saturated carbocycles. The van der Waals surface area contributed by atoms with Gasteiger partial charge in [0.1, 0.15) is 17.5 Å². The number of hydrogen-bond donors (Lipinski definition) is 0. The summed E-state index contributed by atoms with van der Waals surface area (Å²) in [4.78, 5) is 14.5.